The standard InChI is InChI=1S/C17H17F3N4OS/c1-21-16(22-9-8-17(18,19)20)23-10-11-6-7-13(25-11)15-24-12-4-2-3-5-14(12)26-15/h2-7H,8-10H2,1H3,(H2,21,22,23). The van der Waals surface area contributed by atoms with Crippen molar-refractivity contribution in [3.8, 4) is 10.8 Å². The van der Waals surface area contributed by atoms with Gasteiger partial charge < -0.3 is 15.1 Å². The van der Waals surface area contributed by atoms with Gasteiger partial charge in [0.2, 0.25) is 0 Å². The van der Waals surface area contributed by atoms with Gasteiger partial charge in [0.15, 0.2) is 16.7 Å². The Morgan fingerprint density at radius 3 is 2.73 bits per heavy atom. The molecule has 3 rings (SSSR count). The molecular formula is C17H17F3N4OS. The third-order valence-corrected chi connectivity index (χ3v) is 4.57. The number of fused-ring (bicyclic) bond motifs is 1. The molecule has 0 spiro atoms. The molecule has 0 saturated heterocycles. The Hall–Kier alpha value is -2.55. The van der Waals surface area contributed by atoms with Crippen molar-refractivity contribution in [2.75, 3.05) is 13.6 Å². The van der Waals surface area contributed by atoms with Crippen LogP contribution in [0.15, 0.2) is 45.8 Å². The van der Waals surface area contributed by atoms with Crippen LogP contribution in [0.1, 0.15) is 12.2 Å². The summed E-state index contributed by atoms with van der Waals surface area (Å²) in [6, 6.07) is 11.5. The Bertz CT molecular complexity index is 868. The summed E-state index contributed by atoms with van der Waals surface area (Å²) in [6.45, 7) is 0.0644. The third kappa shape index (κ3) is 4.75. The molecule has 1 aromatic carbocycles. The monoisotopic (exact) mass is 382 g/mol. The van der Waals surface area contributed by atoms with Gasteiger partial charge in [-0.15, -0.1) is 11.3 Å². The topological polar surface area (TPSA) is 62.5 Å². The smallest absolute Gasteiger partial charge is 0.390 e. The Morgan fingerprint density at radius 1 is 1.19 bits per heavy atom. The van der Waals surface area contributed by atoms with Crippen LogP contribution in [0.25, 0.3) is 21.0 Å². The van der Waals surface area contributed by atoms with Gasteiger partial charge in [-0.2, -0.15) is 13.2 Å². The lowest BCUT2D eigenvalue weighted by atomic mass is 10.3. The molecule has 26 heavy (non-hydrogen) atoms. The number of aliphatic imine (C=N–C) groups is 1. The van der Waals surface area contributed by atoms with E-state index in [9.17, 15) is 13.2 Å². The number of para-hydroxylation sites is 1. The van der Waals surface area contributed by atoms with Crippen molar-refractivity contribution in [2.24, 2.45) is 4.99 Å². The molecule has 0 radical (unpaired) electrons. The minimum atomic E-state index is -4.20. The number of thiazole rings is 1. The highest BCUT2D eigenvalue weighted by atomic mass is 32.1. The highest BCUT2D eigenvalue weighted by Gasteiger charge is 2.26. The fraction of sp³-hybridized carbons (Fsp3) is 0.294. The number of benzene rings is 1. The zero-order chi connectivity index (χ0) is 18.6. The average Bonchev–Trinajstić information content (AvgIpc) is 3.23. The van der Waals surface area contributed by atoms with Gasteiger partial charge in [-0.1, -0.05) is 12.1 Å². The molecule has 0 bridgehead atoms. The van der Waals surface area contributed by atoms with Crippen molar-refractivity contribution >= 4 is 27.5 Å². The maximum absolute atomic E-state index is 12.2. The molecule has 2 N–H and O–H groups in total. The Balaban J connectivity index is 1.58. The van der Waals surface area contributed by atoms with Crippen molar-refractivity contribution in [1.29, 1.82) is 0 Å². The first-order valence-corrected chi connectivity index (χ1v) is 8.72. The number of hydrogen-bond acceptors (Lipinski definition) is 4. The lowest BCUT2D eigenvalue weighted by molar-refractivity contribution is -0.132. The fourth-order valence-electron chi connectivity index (χ4n) is 2.28. The summed E-state index contributed by atoms with van der Waals surface area (Å²) in [5, 5.41) is 6.33. The zero-order valence-electron chi connectivity index (χ0n) is 13.9. The van der Waals surface area contributed by atoms with Crippen LogP contribution in [0.5, 0.6) is 0 Å². The molecule has 138 valence electrons. The molecule has 3 aromatic rings. The predicted molar refractivity (Wildman–Crippen MR) is 96.2 cm³/mol. The first-order chi connectivity index (χ1) is 12.4. The van der Waals surface area contributed by atoms with Gasteiger partial charge in [-0.25, -0.2) is 4.98 Å². The minimum Gasteiger partial charge on any atom is -0.457 e. The van der Waals surface area contributed by atoms with Gasteiger partial charge in [-0.3, -0.25) is 4.99 Å². The van der Waals surface area contributed by atoms with E-state index in [1.54, 1.807) is 6.07 Å². The van der Waals surface area contributed by atoms with Crippen LogP contribution in [0.4, 0.5) is 13.2 Å². The van der Waals surface area contributed by atoms with Gasteiger partial charge >= 0.3 is 6.18 Å². The van der Waals surface area contributed by atoms with Crippen molar-refractivity contribution in [3.05, 3.63) is 42.2 Å². The quantitative estimate of drug-likeness (QED) is 0.513. The summed E-state index contributed by atoms with van der Waals surface area (Å²) in [6.07, 6.45) is -5.12. The summed E-state index contributed by atoms with van der Waals surface area (Å²) in [4.78, 5) is 8.42. The molecule has 9 heteroatoms. The van der Waals surface area contributed by atoms with Crippen LogP contribution in [-0.2, 0) is 6.54 Å². The van der Waals surface area contributed by atoms with E-state index in [0.29, 0.717) is 18.1 Å². The molecule has 2 aromatic heterocycles. The second-order valence-corrected chi connectivity index (χ2v) is 6.50. The van der Waals surface area contributed by atoms with Crippen LogP contribution in [0.3, 0.4) is 0 Å². The van der Waals surface area contributed by atoms with Crippen molar-refractivity contribution in [1.82, 2.24) is 15.6 Å². The number of furan rings is 1. The van der Waals surface area contributed by atoms with E-state index in [4.69, 9.17) is 4.42 Å². The molecule has 0 unspecified atom stereocenters. The summed E-state index contributed by atoms with van der Waals surface area (Å²) < 4.78 is 43.4. The van der Waals surface area contributed by atoms with E-state index >= 15 is 0 Å². The van der Waals surface area contributed by atoms with E-state index < -0.39 is 12.6 Å². The van der Waals surface area contributed by atoms with Gasteiger partial charge in [0.05, 0.1) is 23.2 Å². The number of alkyl halides is 3. The number of hydrogen-bond donors (Lipinski definition) is 2. The van der Waals surface area contributed by atoms with E-state index in [1.807, 2.05) is 30.3 Å². The number of halogens is 3. The van der Waals surface area contributed by atoms with Crippen LogP contribution >= 0.6 is 11.3 Å². The molecule has 0 fully saturated rings. The molecule has 5 nitrogen and oxygen atoms in total. The van der Waals surface area contributed by atoms with Crippen LogP contribution < -0.4 is 10.6 Å². The molecule has 0 amide bonds. The molecule has 0 aliphatic rings. The Kier molecular flexibility index (Phi) is 5.46. The van der Waals surface area contributed by atoms with E-state index in [1.165, 1.54) is 18.4 Å². The van der Waals surface area contributed by atoms with Gasteiger partial charge in [0, 0.05) is 13.6 Å². The predicted octanol–water partition coefficient (Wildman–Crippen LogP) is 4.17. The summed E-state index contributed by atoms with van der Waals surface area (Å²) in [5.74, 6) is 1.58. The number of rotatable bonds is 5. The van der Waals surface area contributed by atoms with Gasteiger partial charge in [0.25, 0.3) is 0 Å². The second kappa shape index (κ2) is 7.77. The summed E-state index contributed by atoms with van der Waals surface area (Å²) in [5.41, 5.74) is 0.915. The zero-order valence-corrected chi connectivity index (χ0v) is 14.7. The van der Waals surface area contributed by atoms with Crippen molar-refractivity contribution in [2.45, 2.75) is 19.1 Å². The van der Waals surface area contributed by atoms with Gasteiger partial charge in [-0.05, 0) is 24.3 Å². The van der Waals surface area contributed by atoms with Crippen molar-refractivity contribution < 1.29 is 17.6 Å². The average molecular weight is 382 g/mol. The highest BCUT2D eigenvalue weighted by Crippen LogP contribution is 2.31. The van der Waals surface area contributed by atoms with E-state index in [2.05, 4.69) is 20.6 Å². The first kappa shape index (κ1) is 18.2. The second-order valence-electron chi connectivity index (χ2n) is 5.47. The SMILES string of the molecule is CN=C(NCCC(F)(F)F)NCc1ccc(-c2nc3ccccc3s2)o1. The molecule has 0 aliphatic carbocycles. The largest absolute Gasteiger partial charge is 0.457 e. The normalized spacial score (nSPS) is 12.5. The molecular weight excluding hydrogens is 365 g/mol. The Labute approximate surface area is 152 Å². The maximum Gasteiger partial charge on any atom is 0.390 e. The fourth-order valence-corrected chi connectivity index (χ4v) is 3.21. The highest BCUT2D eigenvalue weighted by molar-refractivity contribution is 7.21. The molecule has 0 aliphatic heterocycles. The molecule has 0 atom stereocenters. The van der Waals surface area contributed by atoms with Crippen LogP contribution in [-0.4, -0.2) is 30.7 Å². The van der Waals surface area contributed by atoms with Crippen molar-refractivity contribution in [3.63, 3.8) is 0 Å². The lowest BCUT2D eigenvalue weighted by Gasteiger charge is -2.12. The minimum absolute atomic E-state index is 0.238. The lowest BCUT2D eigenvalue weighted by Crippen LogP contribution is -2.38. The maximum atomic E-state index is 12.2. The van der Waals surface area contributed by atoms with Crippen LogP contribution in [0, 0.1) is 0 Å². The Morgan fingerprint density at radius 2 is 2.00 bits per heavy atom. The summed E-state index contributed by atoms with van der Waals surface area (Å²) >= 11 is 1.54. The van der Waals surface area contributed by atoms with E-state index in [-0.39, 0.29) is 12.5 Å². The molecule has 2 heterocycles. The summed E-state index contributed by atoms with van der Waals surface area (Å²) in [7, 11) is 1.50. The van der Waals surface area contributed by atoms with E-state index in [0.717, 1.165) is 15.2 Å². The number of nitrogens with zero attached hydrogens (tertiary/aromatic N) is 2. The number of nitrogens with one attached hydrogen (secondary N) is 2. The first-order valence-electron chi connectivity index (χ1n) is 7.90. The number of aromatic nitrogens is 1. The number of guanidine groups is 1. The molecule has 0 saturated carbocycles. The third-order valence-electron chi connectivity index (χ3n) is 3.52. The van der Waals surface area contributed by atoms with Crippen LogP contribution in [0.2, 0.25) is 0 Å². The van der Waals surface area contributed by atoms with Gasteiger partial charge in [0.1, 0.15) is 5.76 Å².